The molecule has 5 nitrogen and oxygen atoms in total. The molecule has 0 N–H and O–H groups in total. The Morgan fingerprint density at radius 1 is 1.04 bits per heavy atom. The van der Waals surface area contributed by atoms with E-state index in [1.54, 1.807) is 0 Å². The number of benzene rings is 1. The van der Waals surface area contributed by atoms with E-state index in [0.29, 0.717) is 18.6 Å². The molecule has 0 spiro atoms. The third-order valence-corrected chi connectivity index (χ3v) is 5.38. The number of rotatable bonds is 4. The van der Waals surface area contributed by atoms with Gasteiger partial charge in [-0.3, -0.25) is 9.88 Å². The Labute approximate surface area is 154 Å². The zero-order chi connectivity index (χ0) is 17.8. The number of fused-ring (bicyclic) bond motifs is 4. The molecule has 0 radical (unpaired) electrons. The Morgan fingerprint density at radius 2 is 1.88 bits per heavy atom. The lowest BCUT2D eigenvalue weighted by Gasteiger charge is -2.35. The molecule has 1 aromatic heterocycles. The molecule has 0 saturated carbocycles. The van der Waals surface area contributed by atoms with Crippen LogP contribution in [0.15, 0.2) is 54.7 Å². The van der Waals surface area contributed by atoms with Crippen molar-refractivity contribution in [3.05, 3.63) is 66.0 Å². The molecule has 1 amide bonds. The van der Waals surface area contributed by atoms with Gasteiger partial charge < -0.3 is 9.64 Å². The summed E-state index contributed by atoms with van der Waals surface area (Å²) >= 11 is 0. The van der Waals surface area contributed by atoms with Gasteiger partial charge in [0.25, 0.3) is 0 Å². The van der Waals surface area contributed by atoms with Gasteiger partial charge in [-0.15, -0.1) is 0 Å². The van der Waals surface area contributed by atoms with Crippen molar-refractivity contribution >= 4 is 6.09 Å². The van der Waals surface area contributed by atoms with Crippen LogP contribution < -0.4 is 0 Å². The predicted octanol–water partition coefficient (Wildman–Crippen LogP) is 3.31. The smallest absolute Gasteiger partial charge is 0.410 e. The minimum atomic E-state index is -0.189. The Morgan fingerprint density at radius 3 is 2.69 bits per heavy atom. The largest absolute Gasteiger partial charge is 0.445 e. The average Bonchev–Trinajstić information content (AvgIpc) is 3.00. The first-order chi connectivity index (χ1) is 12.8. The van der Waals surface area contributed by atoms with Crippen LogP contribution in [-0.4, -0.2) is 46.6 Å². The number of pyridine rings is 1. The highest BCUT2D eigenvalue weighted by Crippen LogP contribution is 2.29. The molecule has 0 aliphatic carbocycles. The van der Waals surface area contributed by atoms with Gasteiger partial charge in [-0.05, 0) is 36.5 Å². The second-order valence-corrected chi connectivity index (χ2v) is 7.29. The van der Waals surface area contributed by atoms with Crippen LogP contribution in [0.2, 0.25) is 0 Å². The first kappa shape index (κ1) is 17.0. The van der Waals surface area contributed by atoms with Crippen LogP contribution in [0.5, 0.6) is 0 Å². The molecule has 136 valence electrons. The highest BCUT2D eigenvalue weighted by Gasteiger charge is 2.37. The van der Waals surface area contributed by atoms with Crippen molar-refractivity contribution < 1.29 is 9.53 Å². The second kappa shape index (κ2) is 7.87. The molecule has 2 atom stereocenters. The van der Waals surface area contributed by atoms with Crippen LogP contribution >= 0.6 is 0 Å². The standard InChI is InChI=1S/C21H25N3O2/c25-21(26-16-17-6-2-1-3-7-17)24-13-18-9-10-20(15-24)23(12-18)14-19-8-4-5-11-22-19/h1-8,11,18,20H,9-10,12-16H2/t18-,20-/m1/s1. The minimum absolute atomic E-state index is 0.189. The van der Waals surface area contributed by atoms with Crippen molar-refractivity contribution in [3.63, 3.8) is 0 Å². The van der Waals surface area contributed by atoms with E-state index in [1.807, 2.05) is 53.6 Å². The first-order valence-corrected chi connectivity index (χ1v) is 9.37. The van der Waals surface area contributed by atoms with Gasteiger partial charge in [0.1, 0.15) is 6.61 Å². The normalized spacial score (nSPS) is 22.8. The summed E-state index contributed by atoms with van der Waals surface area (Å²) in [5.41, 5.74) is 2.12. The zero-order valence-corrected chi connectivity index (χ0v) is 15.0. The summed E-state index contributed by atoms with van der Waals surface area (Å²) in [4.78, 5) is 21.4. The fourth-order valence-electron chi connectivity index (χ4n) is 4.03. The van der Waals surface area contributed by atoms with Gasteiger partial charge in [-0.1, -0.05) is 36.4 Å². The van der Waals surface area contributed by atoms with E-state index >= 15 is 0 Å². The molecule has 3 saturated heterocycles. The Kier molecular flexibility index (Phi) is 5.16. The summed E-state index contributed by atoms with van der Waals surface area (Å²) in [7, 11) is 0. The maximum atomic E-state index is 12.6. The number of hydrogen-bond donors (Lipinski definition) is 0. The summed E-state index contributed by atoms with van der Waals surface area (Å²) in [6.07, 6.45) is 3.98. The van der Waals surface area contributed by atoms with E-state index in [-0.39, 0.29) is 6.09 Å². The highest BCUT2D eigenvalue weighted by atomic mass is 16.6. The van der Waals surface area contributed by atoms with Crippen molar-refractivity contribution in [1.82, 2.24) is 14.8 Å². The lowest BCUT2D eigenvalue weighted by molar-refractivity contribution is 0.0908. The molecule has 2 bridgehead atoms. The van der Waals surface area contributed by atoms with Gasteiger partial charge >= 0.3 is 6.09 Å². The number of aromatic nitrogens is 1. The molecule has 2 aromatic rings. The average molecular weight is 351 g/mol. The molecule has 5 heteroatoms. The fourth-order valence-corrected chi connectivity index (χ4v) is 4.03. The van der Waals surface area contributed by atoms with Crippen LogP contribution in [0, 0.1) is 5.92 Å². The topological polar surface area (TPSA) is 45.7 Å². The summed E-state index contributed by atoms with van der Waals surface area (Å²) in [5, 5.41) is 0. The van der Waals surface area contributed by atoms with E-state index in [0.717, 1.165) is 43.9 Å². The third kappa shape index (κ3) is 4.05. The van der Waals surface area contributed by atoms with Crippen LogP contribution in [0.25, 0.3) is 0 Å². The number of nitrogens with zero attached hydrogens (tertiary/aromatic N) is 3. The summed E-state index contributed by atoms with van der Waals surface area (Å²) in [6, 6.07) is 16.3. The second-order valence-electron chi connectivity index (χ2n) is 7.29. The zero-order valence-electron chi connectivity index (χ0n) is 15.0. The molecule has 3 aliphatic heterocycles. The van der Waals surface area contributed by atoms with E-state index in [1.165, 1.54) is 6.42 Å². The predicted molar refractivity (Wildman–Crippen MR) is 99.4 cm³/mol. The van der Waals surface area contributed by atoms with Crippen molar-refractivity contribution in [2.45, 2.75) is 32.0 Å². The number of carbonyl (C=O) groups excluding carboxylic acids is 1. The van der Waals surface area contributed by atoms with Crippen molar-refractivity contribution in [3.8, 4) is 0 Å². The Hall–Kier alpha value is -2.40. The minimum Gasteiger partial charge on any atom is -0.445 e. The molecule has 1 aromatic carbocycles. The van der Waals surface area contributed by atoms with Crippen LogP contribution in [0.3, 0.4) is 0 Å². The lowest BCUT2D eigenvalue weighted by Crippen LogP contribution is -2.44. The number of piperidine rings is 1. The maximum Gasteiger partial charge on any atom is 0.410 e. The molecule has 26 heavy (non-hydrogen) atoms. The third-order valence-electron chi connectivity index (χ3n) is 5.38. The van der Waals surface area contributed by atoms with Crippen LogP contribution in [0.4, 0.5) is 4.79 Å². The van der Waals surface area contributed by atoms with E-state index < -0.39 is 0 Å². The SMILES string of the molecule is O=C(OCc1ccccc1)N1C[C@@H]2CC[C@H](C1)N(Cc1ccccn1)C2. The molecule has 5 rings (SSSR count). The maximum absolute atomic E-state index is 12.6. The summed E-state index contributed by atoms with van der Waals surface area (Å²) < 4.78 is 5.56. The first-order valence-electron chi connectivity index (χ1n) is 9.37. The highest BCUT2D eigenvalue weighted by molar-refractivity contribution is 5.67. The van der Waals surface area contributed by atoms with Crippen molar-refractivity contribution in [2.75, 3.05) is 19.6 Å². The molecular formula is C21H25N3O2. The van der Waals surface area contributed by atoms with Crippen LogP contribution in [0.1, 0.15) is 24.1 Å². The number of ether oxygens (including phenoxy) is 1. The van der Waals surface area contributed by atoms with Crippen molar-refractivity contribution in [2.24, 2.45) is 5.92 Å². The van der Waals surface area contributed by atoms with Gasteiger partial charge in [0.05, 0.1) is 5.69 Å². The Balaban J connectivity index is 1.37. The molecule has 3 aliphatic rings. The van der Waals surface area contributed by atoms with E-state index in [9.17, 15) is 4.79 Å². The number of carbonyl (C=O) groups is 1. The number of hydrogen-bond acceptors (Lipinski definition) is 4. The van der Waals surface area contributed by atoms with Crippen LogP contribution in [-0.2, 0) is 17.9 Å². The van der Waals surface area contributed by atoms with Crippen molar-refractivity contribution in [1.29, 1.82) is 0 Å². The summed E-state index contributed by atoms with van der Waals surface area (Å²) in [6.45, 7) is 3.77. The van der Waals surface area contributed by atoms with E-state index in [2.05, 4.69) is 16.0 Å². The van der Waals surface area contributed by atoms with Gasteiger partial charge in [-0.2, -0.15) is 0 Å². The summed E-state index contributed by atoms with van der Waals surface area (Å²) in [5.74, 6) is 0.515. The molecular weight excluding hydrogens is 326 g/mol. The monoisotopic (exact) mass is 351 g/mol. The van der Waals surface area contributed by atoms with Gasteiger partial charge in [0.2, 0.25) is 0 Å². The van der Waals surface area contributed by atoms with Gasteiger partial charge in [-0.25, -0.2) is 4.79 Å². The molecule has 3 fully saturated rings. The number of amides is 1. The van der Waals surface area contributed by atoms with Gasteiger partial charge in [0, 0.05) is 38.4 Å². The lowest BCUT2D eigenvalue weighted by atomic mass is 9.95. The molecule has 4 heterocycles. The Bertz CT molecular complexity index is 723. The van der Waals surface area contributed by atoms with E-state index in [4.69, 9.17) is 4.74 Å². The fraction of sp³-hybridized carbons (Fsp3) is 0.429. The quantitative estimate of drug-likeness (QED) is 0.848. The molecule has 0 unspecified atom stereocenters. The van der Waals surface area contributed by atoms with Gasteiger partial charge in [0.15, 0.2) is 0 Å².